The lowest BCUT2D eigenvalue weighted by Crippen LogP contribution is -2.44. The van der Waals surface area contributed by atoms with Crippen LogP contribution in [0.25, 0.3) is 0 Å². The van der Waals surface area contributed by atoms with Gasteiger partial charge >= 0.3 is 0 Å². The van der Waals surface area contributed by atoms with E-state index < -0.39 is 0 Å². The second-order valence-corrected chi connectivity index (χ2v) is 5.55. The van der Waals surface area contributed by atoms with Crippen LogP contribution in [-0.4, -0.2) is 55.1 Å². The highest BCUT2D eigenvalue weighted by Crippen LogP contribution is 2.17. The molecule has 2 N–H and O–H groups in total. The standard InChI is InChI=1S/C13H29N3/c1-5-16-8-6-7-12(16)9-15(4)10-13(14)11(2)3/h11-13H,5-10,14H2,1-4H3. The summed E-state index contributed by atoms with van der Waals surface area (Å²) in [4.78, 5) is 5.00. The molecule has 3 nitrogen and oxygen atoms in total. The van der Waals surface area contributed by atoms with E-state index in [9.17, 15) is 0 Å². The Kier molecular flexibility index (Phi) is 5.73. The molecule has 16 heavy (non-hydrogen) atoms. The van der Waals surface area contributed by atoms with E-state index in [0.29, 0.717) is 12.0 Å². The highest BCUT2D eigenvalue weighted by atomic mass is 15.2. The van der Waals surface area contributed by atoms with E-state index in [0.717, 1.165) is 12.6 Å². The van der Waals surface area contributed by atoms with Crippen LogP contribution in [0.2, 0.25) is 0 Å². The summed E-state index contributed by atoms with van der Waals surface area (Å²) in [5.41, 5.74) is 6.10. The van der Waals surface area contributed by atoms with Gasteiger partial charge in [0, 0.05) is 25.2 Å². The van der Waals surface area contributed by atoms with Crippen molar-refractivity contribution in [3.63, 3.8) is 0 Å². The van der Waals surface area contributed by atoms with Gasteiger partial charge in [-0.25, -0.2) is 0 Å². The monoisotopic (exact) mass is 227 g/mol. The summed E-state index contributed by atoms with van der Waals surface area (Å²) in [5.74, 6) is 0.577. The Hall–Kier alpha value is -0.120. The molecular formula is C13H29N3. The lowest BCUT2D eigenvalue weighted by atomic mass is 10.0. The first-order valence-electron chi connectivity index (χ1n) is 6.72. The average molecular weight is 227 g/mol. The van der Waals surface area contributed by atoms with Crippen molar-refractivity contribution in [2.45, 2.75) is 45.7 Å². The molecule has 0 aromatic rings. The van der Waals surface area contributed by atoms with E-state index >= 15 is 0 Å². The van der Waals surface area contributed by atoms with Crippen LogP contribution in [0.3, 0.4) is 0 Å². The van der Waals surface area contributed by atoms with Gasteiger partial charge in [0.15, 0.2) is 0 Å². The minimum atomic E-state index is 0.307. The predicted molar refractivity (Wildman–Crippen MR) is 70.6 cm³/mol. The van der Waals surface area contributed by atoms with Crippen molar-refractivity contribution in [2.24, 2.45) is 11.7 Å². The van der Waals surface area contributed by atoms with Gasteiger partial charge < -0.3 is 10.6 Å². The molecule has 96 valence electrons. The minimum Gasteiger partial charge on any atom is -0.326 e. The van der Waals surface area contributed by atoms with E-state index in [-0.39, 0.29) is 0 Å². The van der Waals surface area contributed by atoms with Crippen LogP contribution in [0.4, 0.5) is 0 Å². The van der Waals surface area contributed by atoms with Crippen molar-refractivity contribution in [3.05, 3.63) is 0 Å². The molecule has 0 spiro atoms. The fourth-order valence-corrected chi connectivity index (χ4v) is 2.52. The number of likely N-dealkylation sites (N-methyl/N-ethyl adjacent to an activating group) is 2. The van der Waals surface area contributed by atoms with Gasteiger partial charge in [0.25, 0.3) is 0 Å². The maximum Gasteiger partial charge on any atom is 0.0223 e. The van der Waals surface area contributed by atoms with Crippen molar-refractivity contribution in [1.82, 2.24) is 9.80 Å². The third-order valence-corrected chi connectivity index (χ3v) is 3.81. The summed E-state index contributed by atoms with van der Waals surface area (Å²) in [6.45, 7) is 11.3. The predicted octanol–water partition coefficient (Wildman–Crippen LogP) is 1.39. The molecule has 1 heterocycles. The molecule has 0 aromatic carbocycles. The summed E-state index contributed by atoms with van der Waals surface area (Å²) < 4.78 is 0. The zero-order valence-electron chi connectivity index (χ0n) is 11.4. The smallest absolute Gasteiger partial charge is 0.0223 e. The molecular weight excluding hydrogens is 198 g/mol. The molecule has 2 unspecified atom stereocenters. The second kappa shape index (κ2) is 6.58. The van der Waals surface area contributed by atoms with Gasteiger partial charge in [0.1, 0.15) is 0 Å². The number of hydrogen-bond donors (Lipinski definition) is 1. The maximum atomic E-state index is 6.10. The number of nitrogens with zero attached hydrogens (tertiary/aromatic N) is 2. The highest BCUT2D eigenvalue weighted by Gasteiger charge is 2.24. The Balaban J connectivity index is 2.30. The first-order valence-corrected chi connectivity index (χ1v) is 6.72. The SMILES string of the molecule is CCN1CCCC1CN(C)CC(N)C(C)C. The molecule has 0 aliphatic carbocycles. The Labute approximate surface area is 101 Å². The maximum absolute atomic E-state index is 6.10. The highest BCUT2D eigenvalue weighted by molar-refractivity contribution is 4.81. The quantitative estimate of drug-likeness (QED) is 0.744. The third-order valence-electron chi connectivity index (χ3n) is 3.81. The first kappa shape index (κ1) is 13.9. The number of hydrogen-bond acceptors (Lipinski definition) is 3. The van der Waals surface area contributed by atoms with Gasteiger partial charge in [0.05, 0.1) is 0 Å². The topological polar surface area (TPSA) is 32.5 Å². The van der Waals surface area contributed by atoms with Crippen molar-refractivity contribution in [3.8, 4) is 0 Å². The van der Waals surface area contributed by atoms with Crippen molar-refractivity contribution in [2.75, 3.05) is 33.2 Å². The third kappa shape index (κ3) is 4.04. The van der Waals surface area contributed by atoms with Crippen molar-refractivity contribution < 1.29 is 0 Å². The van der Waals surface area contributed by atoms with Gasteiger partial charge in [-0.1, -0.05) is 20.8 Å². The molecule has 0 radical (unpaired) electrons. The van der Waals surface area contributed by atoms with E-state index in [1.165, 1.54) is 32.5 Å². The summed E-state index contributed by atoms with van der Waals surface area (Å²) in [7, 11) is 2.20. The zero-order valence-corrected chi connectivity index (χ0v) is 11.4. The molecule has 0 amide bonds. The number of likely N-dealkylation sites (tertiary alicyclic amines) is 1. The molecule has 1 aliphatic rings. The van der Waals surface area contributed by atoms with Gasteiger partial charge in [-0.05, 0) is 38.9 Å². The summed E-state index contributed by atoms with van der Waals surface area (Å²) >= 11 is 0. The molecule has 0 saturated carbocycles. The van der Waals surface area contributed by atoms with Gasteiger partial charge in [-0.2, -0.15) is 0 Å². The van der Waals surface area contributed by atoms with Crippen molar-refractivity contribution >= 4 is 0 Å². The summed E-state index contributed by atoms with van der Waals surface area (Å²) in [6.07, 6.45) is 2.72. The molecule has 3 heteroatoms. The Bertz CT molecular complexity index is 194. The summed E-state index contributed by atoms with van der Waals surface area (Å²) in [5, 5.41) is 0. The van der Waals surface area contributed by atoms with Crippen LogP contribution in [0.1, 0.15) is 33.6 Å². The van der Waals surface area contributed by atoms with Crippen LogP contribution >= 0.6 is 0 Å². The number of rotatable bonds is 6. The molecule has 0 bridgehead atoms. The van der Waals surface area contributed by atoms with E-state index in [4.69, 9.17) is 5.73 Å². The lowest BCUT2D eigenvalue weighted by Gasteiger charge is -2.30. The minimum absolute atomic E-state index is 0.307. The van der Waals surface area contributed by atoms with Crippen LogP contribution in [0.5, 0.6) is 0 Å². The molecule has 0 aromatic heterocycles. The van der Waals surface area contributed by atoms with Gasteiger partial charge in [0.2, 0.25) is 0 Å². The van der Waals surface area contributed by atoms with E-state index in [2.05, 4.69) is 37.6 Å². The molecule has 1 saturated heterocycles. The van der Waals surface area contributed by atoms with Gasteiger partial charge in [-0.3, -0.25) is 4.90 Å². The Morgan fingerprint density at radius 3 is 2.69 bits per heavy atom. The number of nitrogens with two attached hydrogens (primary N) is 1. The molecule has 2 atom stereocenters. The fourth-order valence-electron chi connectivity index (χ4n) is 2.52. The molecule has 1 fully saturated rings. The normalized spacial score (nSPS) is 24.6. The largest absolute Gasteiger partial charge is 0.326 e. The van der Waals surface area contributed by atoms with Crippen LogP contribution in [0.15, 0.2) is 0 Å². The lowest BCUT2D eigenvalue weighted by molar-refractivity contribution is 0.187. The van der Waals surface area contributed by atoms with E-state index in [1.54, 1.807) is 0 Å². The van der Waals surface area contributed by atoms with E-state index in [1.807, 2.05) is 0 Å². The second-order valence-electron chi connectivity index (χ2n) is 5.55. The summed E-state index contributed by atoms with van der Waals surface area (Å²) in [6, 6.07) is 1.07. The molecule has 1 rings (SSSR count). The average Bonchev–Trinajstić information content (AvgIpc) is 2.64. The van der Waals surface area contributed by atoms with Gasteiger partial charge in [-0.15, -0.1) is 0 Å². The van der Waals surface area contributed by atoms with Crippen LogP contribution < -0.4 is 5.73 Å². The van der Waals surface area contributed by atoms with Crippen LogP contribution in [-0.2, 0) is 0 Å². The Morgan fingerprint density at radius 1 is 1.44 bits per heavy atom. The first-order chi connectivity index (χ1) is 7.54. The van der Waals surface area contributed by atoms with Crippen molar-refractivity contribution in [1.29, 1.82) is 0 Å². The van der Waals surface area contributed by atoms with Crippen LogP contribution in [0, 0.1) is 5.92 Å². The fraction of sp³-hybridized carbons (Fsp3) is 1.00. The Morgan fingerprint density at radius 2 is 2.12 bits per heavy atom. The zero-order chi connectivity index (χ0) is 12.1. The molecule has 1 aliphatic heterocycles.